The molecule has 0 bridgehead atoms. The molecule has 0 aliphatic rings. The number of rotatable bonds is 9. The van der Waals surface area contributed by atoms with Crippen molar-refractivity contribution >= 4 is 0 Å². The highest BCUT2D eigenvalue weighted by Gasteiger charge is 2.20. The fourth-order valence-electron chi connectivity index (χ4n) is 3.37. The normalized spacial score (nSPS) is 16.3. The predicted octanol–water partition coefficient (Wildman–Crippen LogP) is 6.55. The zero-order chi connectivity index (χ0) is 14.3. The summed E-state index contributed by atoms with van der Waals surface area (Å²) in [5.74, 6) is 3.46. The fourth-order valence-corrected chi connectivity index (χ4v) is 3.37. The molecule has 2 unspecified atom stereocenters. The first-order chi connectivity index (χ1) is 8.14. The molecular formula is C18H38. The van der Waals surface area contributed by atoms with Crippen LogP contribution in [-0.4, -0.2) is 0 Å². The Bertz CT molecular complexity index is 200. The molecule has 0 saturated heterocycles. The average molecular weight is 255 g/mol. The Morgan fingerprint density at radius 3 is 1.78 bits per heavy atom. The maximum Gasteiger partial charge on any atom is -0.0352 e. The minimum absolute atomic E-state index is 0.537. The van der Waals surface area contributed by atoms with Gasteiger partial charge in [0.05, 0.1) is 0 Å². The standard InChI is InChI=1S/C18H38/c1-14(2)12-17(6)16(5)10-9-11-18(7,8)13-15(3)4/h14-17H,9-13H2,1-8H3. The van der Waals surface area contributed by atoms with Gasteiger partial charge in [-0.3, -0.25) is 0 Å². The Kier molecular flexibility index (Phi) is 8.23. The van der Waals surface area contributed by atoms with Gasteiger partial charge in [0.15, 0.2) is 0 Å². The molecule has 0 spiro atoms. The summed E-state index contributed by atoms with van der Waals surface area (Å²) in [4.78, 5) is 0. The zero-order valence-corrected chi connectivity index (χ0v) is 14.3. The second-order valence-electron chi connectivity index (χ2n) is 8.24. The molecule has 0 aliphatic carbocycles. The number of hydrogen-bond acceptors (Lipinski definition) is 0. The second kappa shape index (κ2) is 8.23. The van der Waals surface area contributed by atoms with E-state index in [1.165, 1.54) is 32.1 Å². The maximum absolute atomic E-state index is 2.45. The molecule has 0 amide bonds. The second-order valence-corrected chi connectivity index (χ2v) is 8.24. The third kappa shape index (κ3) is 9.00. The van der Waals surface area contributed by atoms with Crippen molar-refractivity contribution < 1.29 is 0 Å². The Balaban J connectivity index is 3.89. The van der Waals surface area contributed by atoms with E-state index in [0.29, 0.717) is 5.41 Å². The van der Waals surface area contributed by atoms with Crippen molar-refractivity contribution in [3.63, 3.8) is 0 Å². The van der Waals surface area contributed by atoms with Crippen molar-refractivity contribution in [1.29, 1.82) is 0 Å². The third-order valence-corrected chi connectivity index (χ3v) is 4.29. The molecular weight excluding hydrogens is 216 g/mol. The topological polar surface area (TPSA) is 0 Å². The molecule has 0 aromatic carbocycles. The minimum Gasteiger partial charge on any atom is -0.0628 e. The first-order valence-corrected chi connectivity index (χ1v) is 8.14. The van der Waals surface area contributed by atoms with Crippen molar-refractivity contribution in [3.05, 3.63) is 0 Å². The molecule has 0 N–H and O–H groups in total. The van der Waals surface area contributed by atoms with Crippen molar-refractivity contribution in [3.8, 4) is 0 Å². The first-order valence-electron chi connectivity index (χ1n) is 8.14. The summed E-state index contributed by atoms with van der Waals surface area (Å²) in [6.07, 6.45) is 6.96. The lowest BCUT2D eigenvalue weighted by Crippen LogP contribution is -2.16. The van der Waals surface area contributed by atoms with Gasteiger partial charge in [0.25, 0.3) is 0 Å². The van der Waals surface area contributed by atoms with Gasteiger partial charge in [-0.2, -0.15) is 0 Å². The van der Waals surface area contributed by atoms with Gasteiger partial charge >= 0.3 is 0 Å². The quantitative estimate of drug-likeness (QED) is 0.438. The van der Waals surface area contributed by atoms with Gasteiger partial charge in [0.1, 0.15) is 0 Å². The van der Waals surface area contributed by atoms with Crippen molar-refractivity contribution in [2.75, 3.05) is 0 Å². The van der Waals surface area contributed by atoms with Crippen LogP contribution >= 0.6 is 0 Å². The van der Waals surface area contributed by atoms with Gasteiger partial charge in [0, 0.05) is 0 Å². The van der Waals surface area contributed by atoms with Crippen LogP contribution < -0.4 is 0 Å². The Labute approximate surface area is 117 Å². The van der Waals surface area contributed by atoms with E-state index in [9.17, 15) is 0 Å². The van der Waals surface area contributed by atoms with E-state index in [1.807, 2.05) is 0 Å². The van der Waals surface area contributed by atoms with Crippen LogP contribution in [0.1, 0.15) is 87.5 Å². The predicted molar refractivity (Wildman–Crippen MR) is 84.9 cm³/mol. The minimum atomic E-state index is 0.537. The van der Waals surface area contributed by atoms with E-state index in [-0.39, 0.29) is 0 Å². The average Bonchev–Trinajstić information content (AvgIpc) is 2.13. The van der Waals surface area contributed by atoms with Gasteiger partial charge in [-0.25, -0.2) is 0 Å². The third-order valence-electron chi connectivity index (χ3n) is 4.29. The van der Waals surface area contributed by atoms with Crippen LogP contribution in [0.5, 0.6) is 0 Å². The Morgan fingerprint density at radius 1 is 0.778 bits per heavy atom. The highest BCUT2D eigenvalue weighted by atomic mass is 14.3. The van der Waals surface area contributed by atoms with E-state index >= 15 is 0 Å². The smallest absolute Gasteiger partial charge is 0.0352 e. The lowest BCUT2D eigenvalue weighted by Gasteiger charge is -2.28. The molecule has 18 heavy (non-hydrogen) atoms. The summed E-state index contributed by atoms with van der Waals surface area (Å²) in [6, 6.07) is 0. The van der Waals surface area contributed by atoms with Crippen LogP contribution in [0.2, 0.25) is 0 Å². The van der Waals surface area contributed by atoms with Crippen molar-refractivity contribution in [2.24, 2.45) is 29.1 Å². The van der Waals surface area contributed by atoms with Crippen LogP contribution in [0, 0.1) is 29.1 Å². The van der Waals surface area contributed by atoms with E-state index in [0.717, 1.165) is 23.7 Å². The molecule has 110 valence electrons. The molecule has 0 nitrogen and oxygen atoms in total. The van der Waals surface area contributed by atoms with E-state index < -0.39 is 0 Å². The van der Waals surface area contributed by atoms with Crippen LogP contribution in [0.3, 0.4) is 0 Å². The van der Waals surface area contributed by atoms with Gasteiger partial charge < -0.3 is 0 Å². The van der Waals surface area contributed by atoms with Crippen molar-refractivity contribution in [2.45, 2.75) is 87.5 Å². The molecule has 0 rings (SSSR count). The lowest BCUT2D eigenvalue weighted by atomic mass is 9.78. The molecule has 0 saturated carbocycles. The Hall–Kier alpha value is 0. The zero-order valence-electron chi connectivity index (χ0n) is 14.3. The molecule has 0 heteroatoms. The summed E-state index contributed by atoms with van der Waals surface area (Å²) < 4.78 is 0. The molecule has 0 aromatic heterocycles. The molecule has 0 radical (unpaired) electrons. The monoisotopic (exact) mass is 254 g/mol. The molecule has 0 fully saturated rings. The number of hydrogen-bond donors (Lipinski definition) is 0. The molecule has 0 aromatic rings. The Morgan fingerprint density at radius 2 is 1.33 bits per heavy atom. The summed E-state index contributed by atoms with van der Waals surface area (Å²) in [5.41, 5.74) is 0.537. The largest absolute Gasteiger partial charge is 0.0628 e. The van der Waals surface area contributed by atoms with E-state index in [4.69, 9.17) is 0 Å². The summed E-state index contributed by atoms with van der Waals surface area (Å²) >= 11 is 0. The van der Waals surface area contributed by atoms with E-state index in [1.54, 1.807) is 0 Å². The highest BCUT2D eigenvalue weighted by Crippen LogP contribution is 2.33. The summed E-state index contributed by atoms with van der Waals surface area (Å²) in [5, 5.41) is 0. The van der Waals surface area contributed by atoms with Crippen LogP contribution in [0.25, 0.3) is 0 Å². The van der Waals surface area contributed by atoms with Crippen LogP contribution in [0.15, 0.2) is 0 Å². The van der Waals surface area contributed by atoms with Gasteiger partial charge in [-0.15, -0.1) is 0 Å². The van der Waals surface area contributed by atoms with Gasteiger partial charge in [0.2, 0.25) is 0 Å². The SMILES string of the molecule is CC(C)CC(C)C(C)CCCC(C)(C)CC(C)C. The molecule has 0 heterocycles. The van der Waals surface area contributed by atoms with Gasteiger partial charge in [-0.1, -0.05) is 68.2 Å². The fraction of sp³-hybridized carbons (Fsp3) is 1.00. The lowest BCUT2D eigenvalue weighted by molar-refractivity contribution is 0.236. The summed E-state index contributed by atoms with van der Waals surface area (Å²) in [7, 11) is 0. The first kappa shape index (κ1) is 18.0. The highest BCUT2D eigenvalue weighted by molar-refractivity contribution is 4.72. The van der Waals surface area contributed by atoms with Gasteiger partial charge in [-0.05, 0) is 48.3 Å². The van der Waals surface area contributed by atoms with Crippen molar-refractivity contribution in [1.82, 2.24) is 0 Å². The van der Waals surface area contributed by atoms with Crippen LogP contribution in [0.4, 0.5) is 0 Å². The summed E-state index contributed by atoms with van der Waals surface area (Å²) in [6.45, 7) is 19.1. The molecule has 0 aliphatic heterocycles. The maximum atomic E-state index is 2.45. The molecule has 2 atom stereocenters. The van der Waals surface area contributed by atoms with Crippen LogP contribution in [-0.2, 0) is 0 Å². The van der Waals surface area contributed by atoms with E-state index in [2.05, 4.69) is 55.4 Å².